The van der Waals surface area contributed by atoms with Gasteiger partial charge >= 0.3 is 5.97 Å². The van der Waals surface area contributed by atoms with Gasteiger partial charge in [0.15, 0.2) is 0 Å². The molecule has 0 aliphatic carbocycles. The molecule has 0 bridgehead atoms. The summed E-state index contributed by atoms with van der Waals surface area (Å²) in [5, 5.41) is 0. The number of methoxy groups -OCH3 is 1. The van der Waals surface area contributed by atoms with Crippen molar-refractivity contribution < 1.29 is 14.3 Å². The zero-order chi connectivity index (χ0) is 16.7. The van der Waals surface area contributed by atoms with Crippen molar-refractivity contribution in [3.63, 3.8) is 0 Å². The highest BCUT2D eigenvalue weighted by atomic mass is 16.5. The highest BCUT2D eigenvalue weighted by Crippen LogP contribution is 2.13. The van der Waals surface area contributed by atoms with Gasteiger partial charge in [-0.05, 0) is 17.7 Å². The van der Waals surface area contributed by atoms with Gasteiger partial charge in [-0.1, -0.05) is 37.3 Å². The molecule has 0 aliphatic rings. The number of hydrogen-bond acceptors (Lipinski definition) is 4. The average molecular weight is 312 g/mol. The molecule has 1 atom stereocenters. The van der Waals surface area contributed by atoms with Crippen molar-refractivity contribution >= 4 is 11.9 Å². The molecule has 2 aromatic rings. The molecule has 0 saturated carbocycles. The molecule has 120 valence electrons. The minimum absolute atomic E-state index is 0.132. The first kappa shape index (κ1) is 16.7. The van der Waals surface area contributed by atoms with Crippen molar-refractivity contribution in [2.45, 2.75) is 13.5 Å². The van der Waals surface area contributed by atoms with Crippen molar-refractivity contribution in [2.75, 3.05) is 13.7 Å². The minimum atomic E-state index is -0.394. The Bertz CT molecular complexity index is 644. The molecule has 1 amide bonds. The summed E-state index contributed by atoms with van der Waals surface area (Å²) in [5.41, 5.74) is 1.56. The number of pyridine rings is 1. The van der Waals surface area contributed by atoms with E-state index in [0.29, 0.717) is 18.7 Å². The van der Waals surface area contributed by atoms with Crippen LogP contribution in [0.3, 0.4) is 0 Å². The van der Waals surface area contributed by atoms with Crippen LogP contribution in [0, 0.1) is 5.92 Å². The Morgan fingerprint density at radius 1 is 1.13 bits per heavy atom. The maximum atomic E-state index is 12.7. The number of aromatic nitrogens is 1. The Morgan fingerprint density at radius 2 is 1.78 bits per heavy atom. The zero-order valence-corrected chi connectivity index (χ0v) is 13.3. The van der Waals surface area contributed by atoms with E-state index in [9.17, 15) is 9.59 Å². The van der Waals surface area contributed by atoms with Gasteiger partial charge < -0.3 is 9.64 Å². The van der Waals surface area contributed by atoms with E-state index in [1.165, 1.54) is 7.11 Å². The number of ether oxygens (including phenoxy) is 1. The summed E-state index contributed by atoms with van der Waals surface area (Å²) >= 11 is 0. The van der Waals surface area contributed by atoms with Crippen LogP contribution in [-0.4, -0.2) is 35.4 Å². The fraction of sp³-hybridized carbons (Fsp3) is 0.278. The van der Waals surface area contributed by atoms with Crippen LogP contribution < -0.4 is 0 Å². The topological polar surface area (TPSA) is 59.5 Å². The third kappa shape index (κ3) is 4.64. The quantitative estimate of drug-likeness (QED) is 0.769. The van der Waals surface area contributed by atoms with E-state index in [2.05, 4.69) is 4.98 Å². The molecule has 5 nitrogen and oxygen atoms in total. The summed E-state index contributed by atoms with van der Waals surface area (Å²) in [5.74, 6) is -0.855. The first-order valence-corrected chi connectivity index (χ1v) is 7.43. The molecular weight excluding hydrogens is 292 g/mol. The second-order valence-electron chi connectivity index (χ2n) is 5.33. The molecule has 1 aromatic carbocycles. The second kappa shape index (κ2) is 8.08. The van der Waals surface area contributed by atoms with E-state index in [-0.39, 0.29) is 11.9 Å². The Morgan fingerprint density at radius 3 is 2.39 bits per heavy atom. The van der Waals surface area contributed by atoms with E-state index in [4.69, 9.17) is 4.74 Å². The number of nitrogens with zero attached hydrogens (tertiary/aromatic N) is 2. The SMILES string of the molecule is COC(=O)C(C)CN(Cc1ccccc1)C(=O)c1ccncc1. The average Bonchev–Trinajstić information content (AvgIpc) is 2.61. The molecule has 0 radical (unpaired) electrons. The van der Waals surface area contributed by atoms with E-state index >= 15 is 0 Å². The normalized spacial score (nSPS) is 11.6. The fourth-order valence-electron chi connectivity index (χ4n) is 2.31. The van der Waals surface area contributed by atoms with Crippen LogP contribution in [-0.2, 0) is 16.1 Å². The smallest absolute Gasteiger partial charge is 0.310 e. The zero-order valence-electron chi connectivity index (χ0n) is 13.3. The van der Waals surface area contributed by atoms with Crippen LogP contribution in [0.2, 0.25) is 0 Å². The maximum absolute atomic E-state index is 12.7. The van der Waals surface area contributed by atoms with E-state index in [1.54, 1.807) is 36.4 Å². The molecular formula is C18H20N2O3. The van der Waals surface area contributed by atoms with Crippen LogP contribution in [0.4, 0.5) is 0 Å². The molecule has 0 spiro atoms. The lowest BCUT2D eigenvalue weighted by Crippen LogP contribution is -2.36. The Balaban J connectivity index is 2.20. The third-order valence-corrected chi connectivity index (χ3v) is 3.53. The summed E-state index contributed by atoms with van der Waals surface area (Å²) in [7, 11) is 1.35. The Labute approximate surface area is 135 Å². The first-order chi connectivity index (χ1) is 11.1. The number of amides is 1. The van der Waals surface area contributed by atoms with E-state index in [1.807, 2.05) is 30.3 Å². The van der Waals surface area contributed by atoms with Crippen LogP contribution in [0.15, 0.2) is 54.9 Å². The lowest BCUT2D eigenvalue weighted by molar-refractivity contribution is -0.145. The van der Waals surface area contributed by atoms with Gasteiger partial charge in [0.05, 0.1) is 13.0 Å². The summed E-state index contributed by atoms with van der Waals surface area (Å²) in [4.78, 5) is 30.0. The summed E-state index contributed by atoms with van der Waals surface area (Å²) in [6.07, 6.45) is 3.16. The van der Waals surface area contributed by atoms with Gasteiger partial charge in [0.2, 0.25) is 0 Å². The molecule has 23 heavy (non-hydrogen) atoms. The Hall–Kier alpha value is -2.69. The molecule has 1 heterocycles. The van der Waals surface area contributed by atoms with Gasteiger partial charge in [0.1, 0.15) is 0 Å². The minimum Gasteiger partial charge on any atom is -0.469 e. The number of carbonyl (C=O) groups is 2. The van der Waals surface area contributed by atoms with Crippen LogP contribution in [0.1, 0.15) is 22.8 Å². The van der Waals surface area contributed by atoms with Crippen molar-refractivity contribution in [3.05, 3.63) is 66.0 Å². The summed E-state index contributed by atoms with van der Waals surface area (Å²) < 4.78 is 4.76. The van der Waals surface area contributed by atoms with Crippen LogP contribution in [0.25, 0.3) is 0 Å². The molecule has 0 saturated heterocycles. The highest BCUT2D eigenvalue weighted by Gasteiger charge is 2.22. The molecule has 0 aliphatic heterocycles. The number of esters is 1. The molecule has 5 heteroatoms. The van der Waals surface area contributed by atoms with Crippen molar-refractivity contribution in [1.29, 1.82) is 0 Å². The van der Waals surface area contributed by atoms with Crippen molar-refractivity contribution in [1.82, 2.24) is 9.88 Å². The van der Waals surface area contributed by atoms with E-state index < -0.39 is 5.92 Å². The Kier molecular flexibility index (Phi) is 5.86. The summed E-state index contributed by atoms with van der Waals surface area (Å²) in [6, 6.07) is 13.0. The van der Waals surface area contributed by atoms with Gasteiger partial charge in [0, 0.05) is 31.0 Å². The molecule has 0 fully saturated rings. The standard InChI is InChI=1S/C18H20N2O3/c1-14(18(22)23-2)12-20(13-15-6-4-3-5-7-15)17(21)16-8-10-19-11-9-16/h3-11,14H,12-13H2,1-2H3. The van der Waals surface area contributed by atoms with Crippen LogP contribution >= 0.6 is 0 Å². The highest BCUT2D eigenvalue weighted by molar-refractivity contribution is 5.94. The number of benzene rings is 1. The molecule has 2 rings (SSSR count). The molecule has 0 N–H and O–H groups in total. The third-order valence-electron chi connectivity index (χ3n) is 3.53. The van der Waals surface area contributed by atoms with Gasteiger partial charge in [-0.3, -0.25) is 14.6 Å². The fourth-order valence-corrected chi connectivity index (χ4v) is 2.31. The monoisotopic (exact) mass is 312 g/mol. The predicted molar refractivity (Wildman–Crippen MR) is 86.6 cm³/mol. The number of rotatable bonds is 6. The molecule has 1 aromatic heterocycles. The predicted octanol–water partition coefficient (Wildman–Crippen LogP) is 2.53. The summed E-state index contributed by atoms with van der Waals surface area (Å²) in [6.45, 7) is 2.48. The van der Waals surface area contributed by atoms with Gasteiger partial charge in [-0.25, -0.2) is 0 Å². The number of hydrogen-bond donors (Lipinski definition) is 0. The maximum Gasteiger partial charge on any atom is 0.310 e. The first-order valence-electron chi connectivity index (χ1n) is 7.43. The van der Waals surface area contributed by atoms with Crippen molar-refractivity contribution in [3.8, 4) is 0 Å². The number of carbonyl (C=O) groups excluding carboxylic acids is 2. The largest absolute Gasteiger partial charge is 0.469 e. The van der Waals surface area contributed by atoms with Crippen LogP contribution in [0.5, 0.6) is 0 Å². The van der Waals surface area contributed by atoms with Gasteiger partial charge in [-0.2, -0.15) is 0 Å². The second-order valence-corrected chi connectivity index (χ2v) is 5.33. The van der Waals surface area contributed by atoms with Gasteiger partial charge in [-0.15, -0.1) is 0 Å². The van der Waals surface area contributed by atoms with Gasteiger partial charge in [0.25, 0.3) is 5.91 Å². The van der Waals surface area contributed by atoms with E-state index in [0.717, 1.165) is 5.56 Å². The van der Waals surface area contributed by atoms with Crippen molar-refractivity contribution in [2.24, 2.45) is 5.92 Å². The lowest BCUT2D eigenvalue weighted by atomic mass is 10.1. The molecule has 1 unspecified atom stereocenters. The lowest BCUT2D eigenvalue weighted by Gasteiger charge is -2.25.